The van der Waals surface area contributed by atoms with Gasteiger partial charge in [0.2, 0.25) is 5.91 Å². The average Bonchev–Trinajstić information content (AvgIpc) is 3.55. The molecule has 2 aromatic heterocycles. The van der Waals surface area contributed by atoms with Crippen LogP contribution in [0.3, 0.4) is 0 Å². The van der Waals surface area contributed by atoms with Crippen LogP contribution < -0.4 is 21.1 Å². The zero-order valence-electron chi connectivity index (χ0n) is 17.1. The molecule has 4 N–H and O–H groups in total. The molecular weight excluding hydrogens is 406 g/mol. The van der Waals surface area contributed by atoms with E-state index in [1.165, 1.54) is 0 Å². The third kappa shape index (κ3) is 4.39. The lowest BCUT2D eigenvalue weighted by molar-refractivity contribution is -0.117. The van der Waals surface area contributed by atoms with Crippen molar-refractivity contribution < 1.29 is 14.3 Å². The molecule has 1 fully saturated rings. The van der Waals surface area contributed by atoms with E-state index in [4.69, 9.17) is 10.5 Å². The lowest BCUT2D eigenvalue weighted by Gasteiger charge is -2.09. The number of nitrogens with two attached hydrogens (primary N) is 1. The normalized spacial score (nSPS) is 13.0. The number of pyridine rings is 1. The van der Waals surface area contributed by atoms with Gasteiger partial charge < -0.3 is 25.5 Å². The zero-order valence-corrected chi connectivity index (χ0v) is 17.1. The summed E-state index contributed by atoms with van der Waals surface area (Å²) in [5, 5.41) is 5.69. The molecule has 2 amide bonds. The number of carbonyl (C=O) groups excluding carboxylic acids is 2. The lowest BCUT2D eigenvalue weighted by atomic mass is 10.2. The number of ether oxygens (including phenoxy) is 1. The maximum absolute atomic E-state index is 12.5. The first-order valence-corrected chi connectivity index (χ1v) is 10.3. The third-order valence-corrected chi connectivity index (χ3v) is 5.10. The highest BCUT2D eigenvalue weighted by Gasteiger charge is 2.30. The first kappa shape index (κ1) is 19.6. The van der Waals surface area contributed by atoms with Gasteiger partial charge in [0.15, 0.2) is 5.82 Å². The molecule has 2 aromatic carbocycles. The van der Waals surface area contributed by atoms with E-state index >= 15 is 0 Å². The van der Waals surface area contributed by atoms with Crippen molar-refractivity contribution in [1.82, 2.24) is 9.38 Å². The van der Waals surface area contributed by atoms with Gasteiger partial charge in [0.05, 0.1) is 12.4 Å². The zero-order chi connectivity index (χ0) is 22.1. The average molecular weight is 427 g/mol. The van der Waals surface area contributed by atoms with Gasteiger partial charge in [0.25, 0.3) is 5.91 Å². The minimum absolute atomic E-state index is 0.0157. The fraction of sp³-hybridized carbons (Fsp3) is 0.125. The molecule has 0 bridgehead atoms. The Morgan fingerprint density at radius 3 is 2.62 bits per heavy atom. The number of anilines is 3. The number of carbonyl (C=O) groups is 2. The Morgan fingerprint density at radius 1 is 0.969 bits per heavy atom. The number of hydrogen-bond donors (Lipinski definition) is 3. The van der Waals surface area contributed by atoms with Gasteiger partial charge in [0, 0.05) is 28.9 Å². The SMILES string of the molecule is Nc1cccc(C(=O)Nc2cccc(Oc3ccc4nc(NC(=O)C5CC5)cn4c3)c2)c1. The molecule has 2 heterocycles. The maximum Gasteiger partial charge on any atom is 0.255 e. The predicted molar refractivity (Wildman–Crippen MR) is 122 cm³/mol. The second kappa shape index (κ2) is 8.07. The fourth-order valence-corrected chi connectivity index (χ4v) is 3.32. The van der Waals surface area contributed by atoms with Crippen molar-refractivity contribution in [2.75, 3.05) is 16.4 Å². The number of nitrogen functional groups attached to an aromatic ring is 1. The lowest BCUT2D eigenvalue weighted by Crippen LogP contribution is -2.13. The highest BCUT2D eigenvalue weighted by molar-refractivity contribution is 6.04. The summed E-state index contributed by atoms with van der Waals surface area (Å²) >= 11 is 0. The van der Waals surface area contributed by atoms with Gasteiger partial charge in [-0.1, -0.05) is 12.1 Å². The summed E-state index contributed by atoms with van der Waals surface area (Å²) in [4.78, 5) is 28.8. The molecule has 8 heteroatoms. The van der Waals surface area contributed by atoms with Gasteiger partial charge in [-0.25, -0.2) is 4.98 Å². The largest absolute Gasteiger partial charge is 0.456 e. The molecule has 160 valence electrons. The van der Waals surface area contributed by atoms with Crippen molar-refractivity contribution in [2.24, 2.45) is 5.92 Å². The summed E-state index contributed by atoms with van der Waals surface area (Å²) in [5.41, 5.74) is 8.06. The number of benzene rings is 2. The number of aromatic nitrogens is 2. The Kier molecular flexibility index (Phi) is 4.95. The summed E-state index contributed by atoms with van der Waals surface area (Å²) in [5.74, 6) is 1.55. The first-order chi connectivity index (χ1) is 15.5. The van der Waals surface area contributed by atoms with Crippen LogP contribution in [0.5, 0.6) is 11.5 Å². The molecule has 1 aliphatic rings. The van der Waals surface area contributed by atoms with Gasteiger partial charge in [-0.15, -0.1) is 0 Å². The highest BCUT2D eigenvalue weighted by atomic mass is 16.5. The molecule has 0 spiro atoms. The van der Waals surface area contributed by atoms with Crippen LogP contribution >= 0.6 is 0 Å². The molecule has 0 radical (unpaired) electrons. The number of nitrogens with zero attached hydrogens (tertiary/aromatic N) is 2. The Labute approximate surface area is 184 Å². The molecule has 1 saturated carbocycles. The molecule has 8 nitrogen and oxygen atoms in total. The van der Waals surface area contributed by atoms with Crippen LogP contribution in [0.4, 0.5) is 17.2 Å². The number of amides is 2. The molecule has 5 rings (SSSR count). The van der Waals surface area contributed by atoms with Gasteiger partial charge >= 0.3 is 0 Å². The summed E-state index contributed by atoms with van der Waals surface area (Å²) in [6.07, 6.45) is 5.42. The van der Waals surface area contributed by atoms with Crippen molar-refractivity contribution in [2.45, 2.75) is 12.8 Å². The molecule has 0 aliphatic heterocycles. The van der Waals surface area contributed by atoms with E-state index in [1.807, 2.05) is 6.07 Å². The van der Waals surface area contributed by atoms with E-state index in [1.54, 1.807) is 71.4 Å². The molecule has 32 heavy (non-hydrogen) atoms. The monoisotopic (exact) mass is 427 g/mol. The summed E-state index contributed by atoms with van der Waals surface area (Å²) in [7, 11) is 0. The Morgan fingerprint density at radius 2 is 1.81 bits per heavy atom. The molecule has 0 atom stereocenters. The predicted octanol–water partition coefficient (Wildman–Crippen LogP) is 4.31. The van der Waals surface area contributed by atoms with Crippen LogP contribution in [-0.2, 0) is 4.79 Å². The van der Waals surface area contributed by atoms with Crippen LogP contribution in [0.15, 0.2) is 73.1 Å². The van der Waals surface area contributed by atoms with E-state index < -0.39 is 0 Å². The second-order valence-corrected chi connectivity index (χ2v) is 7.73. The Balaban J connectivity index is 1.29. The second-order valence-electron chi connectivity index (χ2n) is 7.73. The van der Waals surface area contributed by atoms with E-state index in [0.29, 0.717) is 39.9 Å². The molecular formula is C24H21N5O3. The minimum atomic E-state index is -0.255. The molecule has 4 aromatic rings. The molecule has 0 unspecified atom stereocenters. The number of fused-ring (bicyclic) bond motifs is 1. The summed E-state index contributed by atoms with van der Waals surface area (Å²) < 4.78 is 7.76. The van der Waals surface area contributed by atoms with E-state index in [9.17, 15) is 9.59 Å². The number of hydrogen-bond acceptors (Lipinski definition) is 5. The minimum Gasteiger partial charge on any atom is -0.456 e. The fourth-order valence-electron chi connectivity index (χ4n) is 3.32. The standard InChI is InChI=1S/C24H21N5O3/c25-17-4-1-3-16(11-17)24(31)26-18-5-2-6-19(12-18)32-20-9-10-22-27-21(14-29(22)13-20)28-23(30)15-7-8-15/h1-6,9-15H,7-8,25H2,(H,26,31)(H,28,30). The number of imidazole rings is 1. The first-order valence-electron chi connectivity index (χ1n) is 10.3. The van der Waals surface area contributed by atoms with Gasteiger partial charge in [-0.3, -0.25) is 9.59 Å². The molecule has 1 aliphatic carbocycles. The van der Waals surface area contributed by atoms with Gasteiger partial charge in [0.1, 0.15) is 17.1 Å². The Hall–Kier alpha value is -4.33. The van der Waals surface area contributed by atoms with Crippen LogP contribution in [0.2, 0.25) is 0 Å². The van der Waals surface area contributed by atoms with Crippen molar-refractivity contribution in [1.29, 1.82) is 0 Å². The third-order valence-electron chi connectivity index (χ3n) is 5.10. The van der Waals surface area contributed by atoms with E-state index in [0.717, 1.165) is 12.8 Å². The van der Waals surface area contributed by atoms with E-state index in [2.05, 4.69) is 15.6 Å². The summed E-state index contributed by atoms with van der Waals surface area (Å²) in [6.45, 7) is 0. The quantitative estimate of drug-likeness (QED) is 0.397. The van der Waals surface area contributed by atoms with Crippen LogP contribution in [0, 0.1) is 5.92 Å². The van der Waals surface area contributed by atoms with Crippen LogP contribution in [0.1, 0.15) is 23.2 Å². The van der Waals surface area contributed by atoms with Crippen molar-refractivity contribution in [3.8, 4) is 11.5 Å². The number of nitrogens with one attached hydrogen (secondary N) is 2. The van der Waals surface area contributed by atoms with Gasteiger partial charge in [-0.05, 0) is 55.3 Å². The van der Waals surface area contributed by atoms with E-state index in [-0.39, 0.29) is 17.7 Å². The Bertz CT molecular complexity index is 1330. The maximum atomic E-state index is 12.5. The van der Waals surface area contributed by atoms with Gasteiger partial charge in [-0.2, -0.15) is 0 Å². The van der Waals surface area contributed by atoms with Crippen molar-refractivity contribution in [3.63, 3.8) is 0 Å². The van der Waals surface area contributed by atoms with Crippen LogP contribution in [0.25, 0.3) is 5.65 Å². The van der Waals surface area contributed by atoms with Crippen molar-refractivity contribution in [3.05, 3.63) is 78.6 Å². The van der Waals surface area contributed by atoms with Crippen LogP contribution in [-0.4, -0.2) is 21.2 Å². The molecule has 0 saturated heterocycles. The number of rotatable bonds is 6. The smallest absolute Gasteiger partial charge is 0.255 e. The van der Waals surface area contributed by atoms with Crippen molar-refractivity contribution >= 4 is 34.7 Å². The summed E-state index contributed by atoms with van der Waals surface area (Å²) in [6, 6.07) is 17.5. The highest BCUT2D eigenvalue weighted by Crippen LogP contribution is 2.30. The topological polar surface area (TPSA) is 111 Å².